The Hall–Kier alpha value is -1.85. The van der Waals surface area contributed by atoms with Gasteiger partial charge in [0.2, 0.25) is 0 Å². The average Bonchev–Trinajstić information content (AvgIpc) is 2.41. The maximum atomic E-state index is 12.3. The van der Waals surface area contributed by atoms with Crippen molar-refractivity contribution in [3.8, 4) is 5.75 Å². The molecule has 0 spiro atoms. The maximum Gasteiger partial charge on any atom is 0.387 e. The van der Waals surface area contributed by atoms with Crippen molar-refractivity contribution in [1.29, 1.82) is 0 Å². The molecule has 20 heavy (non-hydrogen) atoms. The molecule has 1 aliphatic carbocycles. The quantitative estimate of drug-likeness (QED) is 0.833. The van der Waals surface area contributed by atoms with Crippen molar-refractivity contribution >= 4 is 11.7 Å². The minimum atomic E-state index is -2.95. The molecule has 0 atom stereocenters. The Balaban J connectivity index is 2.44. The molecule has 0 radical (unpaired) electrons. The second kappa shape index (κ2) is 5.64. The third kappa shape index (κ3) is 2.69. The van der Waals surface area contributed by atoms with Gasteiger partial charge in [0.1, 0.15) is 5.75 Å². The molecule has 6 heteroatoms. The van der Waals surface area contributed by atoms with E-state index in [1.165, 1.54) is 18.2 Å². The predicted octanol–water partition coefficient (Wildman–Crippen LogP) is 3.16. The van der Waals surface area contributed by atoms with Crippen molar-refractivity contribution in [2.24, 2.45) is 0 Å². The second-order valence-corrected chi connectivity index (χ2v) is 5.08. The van der Waals surface area contributed by atoms with Crippen molar-refractivity contribution < 1.29 is 23.4 Å². The van der Waals surface area contributed by atoms with E-state index in [1.807, 2.05) is 0 Å². The fourth-order valence-electron chi connectivity index (χ4n) is 2.88. The summed E-state index contributed by atoms with van der Waals surface area (Å²) in [7, 11) is 0. The number of hydrogen-bond donors (Lipinski definition) is 2. The van der Waals surface area contributed by atoms with E-state index in [4.69, 9.17) is 5.73 Å². The zero-order chi connectivity index (χ0) is 14.8. The van der Waals surface area contributed by atoms with Gasteiger partial charge in [0.05, 0.1) is 5.41 Å². The van der Waals surface area contributed by atoms with Crippen LogP contribution in [0.25, 0.3) is 0 Å². The number of carboxylic acids is 1. The lowest BCUT2D eigenvalue weighted by Gasteiger charge is -2.34. The molecular weight excluding hydrogens is 268 g/mol. The smallest absolute Gasteiger partial charge is 0.387 e. The number of aliphatic carboxylic acids is 1. The number of nitrogen functional groups attached to an aromatic ring is 1. The Morgan fingerprint density at radius 2 is 1.95 bits per heavy atom. The number of alkyl halides is 2. The molecule has 1 aliphatic rings. The van der Waals surface area contributed by atoms with Crippen LogP contribution in [0.3, 0.4) is 0 Å². The molecule has 0 aromatic heterocycles. The van der Waals surface area contributed by atoms with Crippen molar-refractivity contribution in [2.75, 3.05) is 5.73 Å². The van der Waals surface area contributed by atoms with E-state index >= 15 is 0 Å². The van der Waals surface area contributed by atoms with Crippen LogP contribution >= 0.6 is 0 Å². The van der Waals surface area contributed by atoms with Crippen molar-refractivity contribution in [2.45, 2.75) is 44.1 Å². The number of halogens is 2. The number of carbonyl (C=O) groups is 1. The van der Waals surface area contributed by atoms with Gasteiger partial charge in [0.25, 0.3) is 0 Å². The zero-order valence-corrected chi connectivity index (χ0v) is 10.9. The first kappa shape index (κ1) is 14.6. The lowest BCUT2D eigenvalue weighted by molar-refractivity contribution is -0.145. The van der Waals surface area contributed by atoms with Gasteiger partial charge in [-0.15, -0.1) is 0 Å². The lowest BCUT2D eigenvalue weighted by atomic mass is 9.69. The van der Waals surface area contributed by atoms with Gasteiger partial charge >= 0.3 is 12.6 Å². The van der Waals surface area contributed by atoms with Crippen LogP contribution in [0.4, 0.5) is 14.5 Å². The first-order valence-corrected chi connectivity index (χ1v) is 6.54. The molecule has 110 valence electrons. The number of nitrogens with two attached hydrogens (primary N) is 1. The average molecular weight is 285 g/mol. The fourth-order valence-corrected chi connectivity index (χ4v) is 2.88. The van der Waals surface area contributed by atoms with E-state index in [0.29, 0.717) is 24.1 Å². The summed E-state index contributed by atoms with van der Waals surface area (Å²) in [6.07, 6.45) is 3.47. The summed E-state index contributed by atoms with van der Waals surface area (Å²) in [4.78, 5) is 11.7. The van der Waals surface area contributed by atoms with Gasteiger partial charge < -0.3 is 15.6 Å². The van der Waals surface area contributed by atoms with Gasteiger partial charge in [-0.2, -0.15) is 8.78 Å². The number of anilines is 1. The van der Waals surface area contributed by atoms with Crippen LogP contribution in [0.5, 0.6) is 5.75 Å². The number of benzene rings is 1. The number of carboxylic acid groups (broad SMARTS) is 1. The van der Waals surface area contributed by atoms with E-state index in [-0.39, 0.29) is 5.75 Å². The summed E-state index contributed by atoms with van der Waals surface area (Å²) in [6.45, 7) is -2.95. The largest absolute Gasteiger partial charge is 0.481 e. The van der Waals surface area contributed by atoms with Gasteiger partial charge in [0.15, 0.2) is 0 Å². The van der Waals surface area contributed by atoms with Crippen LogP contribution < -0.4 is 10.5 Å². The van der Waals surface area contributed by atoms with Gasteiger partial charge in [-0.05, 0) is 36.6 Å². The lowest BCUT2D eigenvalue weighted by Crippen LogP contribution is -2.38. The zero-order valence-electron chi connectivity index (χ0n) is 10.9. The minimum Gasteiger partial charge on any atom is -0.481 e. The van der Waals surface area contributed by atoms with E-state index in [0.717, 1.165) is 19.3 Å². The molecule has 0 bridgehead atoms. The molecule has 0 heterocycles. The summed E-state index contributed by atoms with van der Waals surface area (Å²) >= 11 is 0. The molecule has 0 amide bonds. The Morgan fingerprint density at radius 3 is 2.50 bits per heavy atom. The summed E-state index contributed by atoms with van der Waals surface area (Å²) in [5.74, 6) is -1.02. The van der Waals surface area contributed by atoms with Crippen molar-refractivity contribution in [3.05, 3.63) is 23.8 Å². The molecule has 2 rings (SSSR count). The molecule has 0 aliphatic heterocycles. The van der Waals surface area contributed by atoms with E-state index in [9.17, 15) is 18.7 Å². The third-order valence-corrected chi connectivity index (χ3v) is 3.88. The second-order valence-electron chi connectivity index (χ2n) is 5.08. The third-order valence-electron chi connectivity index (χ3n) is 3.88. The molecule has 0 unspecified atom stereocenters. The minimum absolute atomic E-state index is 0.0598. The summed E-state index contributed by atoms with van der Waals surface area (Å²) < 4.78 is 28.9. The molecule has 1 aromatic rings. The Morgan fingerprint density at radius 1 is 1.30 bits per heavy atom. The Labute approximate surface area is 115 Å². The first-order valence-electron chi connectivity index (χ1n) is 6.54. The highest BCUT2D eigenvalue weighted by molar-refractivity contribution is 5.84. The van der Waals surface area contributed by atoms with Crippen molar-refractivity contribution in [1.82, 2.24) is 0 Å². The number of ether oxygens (including phenoxy) is 1. The van der Waals surface area contributed by atoms with Crippen LogP contribution in [0.2, 0.25) is 0 Å². The number of rotatable bonds is 4. The topological polar surface area (TPSA) is 72.5 Å². The fraction of sp³-hybridized carbons (Fsp3) is 0.500. The monoisotopic (exact) mass is 285 g/mol. The van der Waals surface area contributed by atoms with Gasteiger partial charge in [0, 0.05) is 5.69 Å². The van der Waals surface area contributed by atoms with Crippen molar-refractivity contribution in [3.63, 3.8) is 0 Å². The SMILES string of the molecule is Nc1ccc(OC(F)F)cc1C1(C(=O)O)CCCCC1. The summed E-state index contributed by atoms with van der Waals surface area (Å²) in [6, 6.07) is 4.08. The molecule has 1 aromatic carbocycles. The van der Waals surface area contributed by atoms with Gasteiger partial charge in [-0.3, -0.25) is 4.79 Å². The molecule has 1 fully saturated rings. The van der Waals surface area contributed by atoms with E-state index in [1.54, 1.807) is 0 Å². The highest BCUT2D eigenvalue weighted by Gasteiger charge is 2.42. The highest BCUT2D eigenvalue weighted by atomic mass is 19.3. The highest BCUT2D eigenvalue weighted by Crippen LogP contribution is 2.43. The molecule has 4 nitrogen and oxygen atoms in total. The van der Waals surface area contributed by atoms with Gasteiger partial charge in [-0.25, -0.2) is 0 Å². The van der Waals surface area contributed by atoms with Crippen LogP contribution in [0, 0.1) is 0 Å². The maximum absolute atomic E-state index is 12.3. The Kier molecular flexibility index (Phi) is 4.11. The van der Waals surface area contributed by atoms with E-state index < -0.39 is 18.0 Å². The predicted molar refractivity (Wildman–Crippen MR) is 69.9 cm³/mol. The van der Waals surface area contributed by atoms with Gasteiger partial charge in [-0.1, -0.05) is 19.3 Å². The normalized spacial score (nSPS) is 17.9. The Bertz CT molecular complexity index is 499. The first-order chi connectivity index (χ1) is 9.45. The van der Waals surface area contributed by atoms with Crippen LogP contribution in [0.15, 0.2) is 18.2 Å². The van der Waals surface area contributed by atoms with Crippen LogP contribution in [0.1, 0.15) is 37.7 Å². The molecule has 3 N–H and O–H groups in total. The molecular formula is C14H17F2NO3. The summed E-state index contributed by atoms with van der Waals surface area (Å²) in [5, 5.41) is 9.59. The molecule has 1 saturated carbocycles. The molecule has 0 saturated heterocycles. The standard InChI is InChI=1S/C14H17F2NO3/c15-13(16)20-9-4-5-11(17)10(8-9)14(12(18)19)6-2-1-3-7-14/h4-5,8,13H,1-3,6-7,17H2,(H,18,19). The van der Waals surface area contributed by atoms with Crippen LogP contribution in [-0.2, 0) is 10.2 Å². The summed E-state index contributed by atoms with van der Waals surface area (Å²) in [5.41, 5.74) is 5.45. The van der Waals surface area contributed by atoms with Crippen LogP contribution in [-0.4, -0.2) is 17.7 Å². The number of hydrogen-bond acceptors (Lipinski definition) is 3. The van der Waals surface area contributed by atoms with E-state index in [2.05, 4.69) is 4.74 Å².